The lowest BCUT2D eigenvalue weighted by molar-refractivity contribution is -0.346. The van der Waals surface area contributed by atoms with Crippen molar-refractivity contribution in [3.05, 3.63) is 23.8 Å². The fraction of sp³-hybridized carbons (Fsp3) is 0.333. The molecule has 1 aromatic carbocycles. The predicted molar refractivity (Wildman–Crippen MR) is 60.0 cm³/mol. The van der Waals surface area contributed by atoms with Crippen molar-refractivity contribution in [1.82, 2.24) is 0 Å². The molecule has 11 heteroatoms. The number of carbonyl (C=O) groups is 2. The highest BCUT2D eigenvalue weighted by Crippen LogP contribution is 2.47. The van der Waals surface area contributed by atoms with Crippen LogP contribution in [0, 0.1) is 0 Å². The van der Waals surface area contributed by atoms with Gasteiger partial charge in [-0.15, -0.1) is 0 Å². The van der Waals surface area contributed by atoms with Crippen molar-refractivity contribution in [2.75, 3.05) is 7.11 Å². The van der Waals surface area contributed by atoms with Gasteiger partial charge in [0.15, 0.2) is 6.29 Å². The van der Waals surface area contributed by atoms with Crippen molar-refractivity contribution in [3.8, 4) is 11.5 Å². The lowest BCUT2D eigenvalue weighted by Crippen LogP contribution is -2.57. The molecule has 0 bridgehead atoms. The van der Waals surface area contributed by atoms with Gasteiger partial charge in [0.25, 0.3) is 0 Å². The number of methoxy groups -OCH3 is 1. The zero-order chi connectivity index (χ0) is 18.1. The molecule has 0 aliphatic rings. The molecule has 0 radical (unpaired) electrons. The molecular weight excluding hydrogens is 341 g/mol. The van der Waals surface area contributed by atoms with Crippen molar-refractivity contribution < 1.29 is 49.8 Å². The minimum Gasteiger partial charge on any atom is -0.497 e. The van der Waals surface area contributed by atoms with Crippen LogP contribution in [-0.2, 0) is 4.79 Å². The average molecular weight is 348 g/mol. The van der Waals surface area contributed by atoms with Gasteiger partial charge in [-0.1, -0.05) is 0 Å². The van der Waals surface area contributed by atoms with Crippen molar-refractivity contribution in [2.45, 2.75) is 18.0 Å². The average Bonchev–Trinajstić information content (AvgIpc) is 2.46. The van der Waals surface area contributed by atoms with Gasteiger partial charge in [0, 0.05) is 0 Å². The highest BCUT2D eigenvalue weighted by molar-refractivity contribution is 5.86. The van der Waals surface area contributed by atoms with E-state index < -0.39 is 35.3 Å². The molecule has 1 aromatic rings. The summed E-state index contributed by atoms with van der Waals surface area (Å²) in [6.07, 6.45) is -6.67. The third-order valence-corrected chi connectivity index (χ3v) is 2.55. The number of alkyl halides is 7. The van der Waals surface area contributed by atoms with Crippen LogP contribution in [0.4, 0.5) is 30.7 Å². The summed E-state index contributed by atoms with van der Waals surface area (Å²) in [5, 5.41) is 0. The zero-order valence-electron chi connectivity index (χ0n) is 11.1. The molecule has 0 heterocycles. The number of esters is 1. The minimum absolute atomic E-state index is 0.00514. The van der Waals surface area contributed by atoms with Gasteiger partial charge in [0.05, 0.1) is 12.7 Å². The Morgan fingerprint density at radius 3 is 2.09 bits per heavy atom. The normalized spacial score (nSPS) is 12.7. The number of hydrogen-bond donors (Lipinski definition) is 0. The van der Waals surface area contributed by atoms with Crippen LogP contribution in [0.1, 0.15) is 10.4 Å². The van der Waals surface area contributed by atoms with Crippen LogP contribution in [-0.4, -0.2) is 37.4 Å². The highest BCUT2D eigenvalue weighted by atomic mass is 19.4. The minimum atomic E-state index is -6.68. The van der Waals surface area contributed by atoms with Crippen molar-refractivity contribution in [2.24, 2.45) is 0 Å². The maximum absolute atomic E-state index is 13.1. The largest absolute Gasteiger partial charge is 0.497 e. The molecule has 4 nitrogen and oxygen atoms in total. The Morgan fingerprint density at radius 2 is 1.65 bits per heavy atom. The maximum atomic E-state index is 13.1. The van der Waals surface area contributed by atoms with E-state index in [1.807, 2.05) is 0 Å². The third-order valence-electron chi connectivity index (χ3n) is 2.55. The number of benzene rings is 1. The Hall–Kier alpha value is -2.33. The van der Waals surface area contributed by atoms with E-state index in [9.17, 15) is 40.3 Å². The second kappa shape index (κ2) is 6.05. The standard InChI is InChI=1S/C12H7F7O4/c1-22-7-2-3-8(6(4-7)5-20)23-9(21)10(13,14)11(15,16)12(17,18)19/h2-5H,1H3. The Morgan fingerprint density at radius 1 is 1.09 bits per heavy atom. The van der Waals surface area contributed by atoms with Crippen LogP contribution >= 0.6 is 0 Å². The summed E-state index contributed by atoms with van der Waals surface area (Å²) in [7, 11) is 1.17. The Kier molecular flexibility index (Phi) is 4.92. The quantitative estimate of drug-likeness (QED) is 0.355. The molecular formula is C12H7F7O4. The van der Waals surface area contributed by atoms with Gasteiger partial charge in [0.2, 0.25) is 0 Å². The van der Waals surface area contributed by atoms with E-state index in [4.69, 9.17) is 0 Å². The summed E-state index contributed by atoms with van der Waals surface area (Å²) in [5.74, 6) is -16.9. The topological polar surface area (TPSA) is 52.6 Å². The molecule has 23 heavy (non-hydrogen) atoms. The smallest absolute Gasteiger partial charge is 0.460 e. The number of hydrogen-bond acceptors (Lipinski definition) is 4. The van der Waals surface area contributed by atoms with Crippen LogP contribution in [0.2, 0.25) is 0 Å². The monoisotopic (exact) mass is 348 g/mol. The summed E-state index contributed by atoms with van der Waals surface area (Å²) < 4.78 is 96.0. The highest BCUT2D eigenvalue weighted by Gasteiger charge is 2.77. The first-order valence-electron chi connectivity index (χ1n) is 5.56. The van der Waals surface area contributed by atoms with Gasteiger partial charge in [-0.05, 0) is 18.2 Å². The van der Waals surface area contributed by atoms with Crippen LogP contribution < -0.4 is 9.47 Å². The summed E-state index contributed by atoms with van der Waals surface area (Å²) in [4.78, 5) is 21.8. The Balaban J connectivity index is 3.15. The lowest BCUT2D eigenvalue weighted by Gasteiger charge is -2.26. The Bertz CT molecular complexity index is 610. The number of halogens is 7. The predicted octanol–water partition coefficient (Wildman–Crippen LogP) is 3.25. The summed E-state index contributed by atoms with van der Waals surface area (Å²) >= 11 is 0. The number of rotatable bonds is 5. The first-order chi connectivity index (χ1) is 10.4. The van der Waals surface area contributed by atoms with Gasteiger partial charge in [0.1, 0.15) is 11.5 Å². The van der Waals surface area contributed by atoms with Crippen molar-refractivity contribution >= 4 is 12.3 Å². The van der Waals surface area contributed by atoms with Crippen LogP contribution in [0.25, 0.3) is 0 Å². The molecule has 128 valence electrons. The van der Waals surface area contributed by atoms with E-state index >= 15 is 0 Å². The number of carbonyl (C=O) groups excluding carboxylic acids is 2. The van der Waals surface area contributed by atoms with Gasteiger partial charge in [-0.3, -0.25) is 4.79 Å². The first kappa shape index (κ1) is 18.7. The third kappa shape index (κ3) is 3.37. The fourth-order valence-electron chi connectivity index (χ4n) is 1.31. The van der Waals surface area contributed by atoms with E-state index in [-0.39, 0.29) is 12.0 Å². The molecule has 0 fully saturated rings. The molecule has 1 rings (SSSR count). The van der Waals surface area contributed by atoms with Crippen molar-refractivity contribution in [3.63, 3.8) is 0 Å². The Labute approximate surface area is 123 Å². The maximum Gasteiger partial charge on any atom is 0.460 e. The van der Waals surface area contributed by atoms with Gasteiger partial charge in [-0.25, -0.2) is 4.79 Å². The van der Waals surface area contributed by atoms with Crippen LogP contribution in [0.15, 0.2) is 18.2 Å². The first-order valence-corrected chi connectivity index (χ1v) is 5.56. The number of aldehydes is 1. The molecule has 0 aromatic heterocycles. The molecule has 0 unspecified atom stereocenters. The van der Waals surface area contributed by atoms with E-state index in [1.54, 1.807) is 0 Å². The van der Waals surface area contributed by atoms with Gasteiger partial charge >= 0.3 is 24.0 Å². The summed E-state index contributed by atoms with van der Waals surface area (Å²) in [6, 6.07) is 2.63. The van der Waals surface area contributed by atoms with Crippen LogP contribution in [0.3, 0.4) is 0 Å². The molecule has 0 spiro atoms. The number of ether oxygens (including phenoxy) is 2. The van der Waals surface area contributed by atoms with E-state index in [0.717, 1.165) is 18.2 Å². The van der Waals surface area contributed by atoms with E-state index in [1.165, 1.54) is 7.11 Å². The molecule has 0 amide bonds. The van der Waals surface area contributed by atoms with E-state index in [0.29, 0.717) is 0 Å². The molecule has 0 N–H and O–H groups in total. The van der Waals surface area contributed by atoms with Crippen LogP contribution in [0.5, 0.6) is 11.5 Å². The van der Waals surface area contributed by atoms with Gasteiger partial charge < -0.3 is 9.47 Å². The lowest BCUT2D eigenvalue weighted by atomic mass is 10.1. The molecule has 0 aliphatic carbocycles. The molecule has 0 aliphatic heterocycles. The second-order valence-electron chi connectivity index (χ2n) is 4.06. The summed E-state index contributed by atoms with van der Waals surface area (Å²) in [6.45, 7) is 0. The zero-order valence-corrected chi connectivity index (χ0v) is 11.1. The SMILES string of the molecule is COc1ccc(OC(=O)C(F)(F)C(F)(F)C(F)(F)F)c(C=O)c1. The fourth-order valence-corrected chi connectivity index (χ4v) is 1.31. The van der Waals surface area contributed by atoms with Crippen molar-refractivity contribution in [1.29, 1.82) is 0 Å². The van der Waals surface area contributed by atoms with Gasteiger partial charge in [-0.2, -0.15) is 30.7 Å². The molecule has 0 atom stereocenters. The molecule has 0 saturated heterocycles. The summed E-state index contributed by atoms with van der Waals surface area (Å²) in [5.41, 5.74) is -0.566. The van der Waals surface area contributed by atoms with E-state index in [2.05, 4.69) is 9.47 Å². The molecule has 0 saturated carbocycles. The second-order valence-corrected chi connectivity index (χ2v) is 4.06.